The maximum Gasteiger partial charge on any atom is 0.191 e. The van der Waals surface area contributed by atoms with Crippen molar-refractivity contribution in [2.24, 2.45) is 5.10 Å². The van der Waals surface area contributed by atoms with E-state index in [-0.39, 0.29) is 0 Å². The van der Waals surface area contributed by atoms with Crippen molar-refractivity contribution < 1.29 is 14.2 Å². The molecule has 126 valence electrons. The number of hydrogen-bond donors (Lipinski definition) is 2. The third kappa shape index (κ3) is 5.13. The second kappa shape index (κ2) is 8.73. The molecule has 6 nitrogen and oxygen atoms in total. The highest BCUT2D eigenvalue weighted by Gasteiger charge is 2.00. The molecule has 0 unspecified atom stereocenters. The highest BCUT2D eigenvalue weighted by molar-refractivity contribution is 7.80. The highest BCUT2D eigenvalue weighted by atomic mass is 32.1. The molecular formula is C17H19N3O3S. The van der Waals surface area contributed by atoms with Crippen LogP contribution in [0.1, 0.15) is 5.56 Å². The SMILES string of the molecule is COc1ccc(NC(=S)N/N=C/c2cc(OC)cc(OC)c2)cc1. The molecule has 0 aliphatic carbocycles. The number of hydrogen-bond acceptors (Lipinski definition) is 5. The number of hydrazone groups is 1. The van der Waals surface area contributed by atoms with Crippen molar-refractivity contribution in [3.05, 3.63) is 48.0 Å². The quantitative estimate of drug-likeness (QED) is 0.477. The van der Waals surface area contributed by atoms with Crippen molar-refractivity contribution in [3.8, 4) is 17.2 Å². The molecule has 0 radical (unpaired) electrons. The van der Waals surface area contributed by atoms with E-state index in [1.165, 1.54) is 0 Å². The molecule has 0 saturated carbocycles. The van der Waals surface area contributed by atoms with Crippen LogP contribution in [-0.4, -0.2) is 32.7 Å². The van der Waals surface area contributed by atoms with Crippen LogP contribution < -0.4 is 25.0 Å². The largest absolute Gasteiger partial charge is 0.497 e. The minimum Gasteiger partial charge on any atom is -0.497 e. The first-order chi connectivity index (χ1) is 11.6. The summed E-state index contributed by atoms with van der Waals surface area (Å²) in [5, 5.41) is 7.51. The molecule has 0 saturated heterocycles. The number of ether oxygens (including phenoxy) is 3. The summed E-state index contributed by atoms with van der Waals surface area (Å²) in [6.45, 7) is 0. The van der Waals surface area contributed by atoms with Gasteiger partial charge in [-0.25, -0.2) is 0 Å². The van der Waals surface area contributed by atoms with E-state index in [2.05, 4.69) is 15.8 Å². The van der Waals surface area contributed by atoms with Gasteiger partial charge in [0.05, 0.1) is 27.5 Å². The Balaban J connectivity index is 1.94. The summed E-state index contributed by atoms with van der Waals surface area (Å²) in [5.74, 6) is 2.16. The topological polar surface area (TPSA) is 64.1 Å². The molecule has 0 aliphatic rings. The molecule has 0 aromatic heterocycles. The summed E-state index contributed by atoms with van der Waals surface area (Å²) in [6, 6.07) is 12.9. The van der Waals surface area contributed by atoms with Crippen molar-refractivity contribution in [2.75, 3.05) is 26.6 Å². The predicted octanol–water partition coefficient (Wildman–Crippen LogP) is 3.03. The van der Waals surface area contributed by atoms with Crippen LogP contribution in [0.3, 0.4) is 0 Å². The first-order valence-corrected chi connectivity index (χ1v) is 7.52. The fourth-order valence-corrected chi connectivity index (χ4v) is 2.07. The van der Waals surface area contributed by atoms with Crippen molar-refractivity contribution >= 4 is 29.2 Å². The summed E-state index contributed by atoms with van der Waals surface area (Å²) >= 11 is 5.19. The van der Waals surface area contributed by atoms with Crippen molar-refractivity contribution in [2.45, 2.75) is 0 Å². The molecule has 2 aromatic rings. The summed E-state index contributed by atoms with van der Waals surface area (Å²) in [5.41, 5.74) is 4.42. The number of benzene rings is 2. The van der Waals surface area contributed by atoms with Gasteiger partial charge in [-0.2, -0.15) is 5.10 Å². The minimum absolute atomic E-state index is 0.381. The van der Waals surface area contributed by atoms with Gasteiger partial charge in [-0.15, -0.1) is 0 Å². The van der Waals surface area contributed by atoms with Crippen LogP contribution in [0.4, 0.5) is 5.69 Å². The first-order valence-electron chi connectivity index (χ1n) is 7.12. The maximum absolute atomic E-state index is 5.21. The zero-order chi connectivity index (χ0) is 17.4. The zero-order valence-corrected chi connectivity index (χ0v) is 14.5. The number of anilines is 1. The fourth-order valence-electron chi connectivity index (χ4n) is 1.90. The van der Waals surface area contributed by atoms with Gasteiger partial charge in [0.15, 0.2) is 5.11 Å². The summed E-state index contributed by atoms with van der Waals surface area (Å²) < 4.78 is 15.5. The van der Waals surface area contributed by atoms with E-state index in [0.717, 1.165) is 17.0 Å². The van der Waals surface area contributed by atoms with Gasteiger partial charge in [0.25, 0.3) is 0 Å². The van der Waals surface area contributed by atoms with Crippen LogP contribution in [0.15, 0.2) is 47.6 Å². The minimum atomic E-state index is 0.381. The van der Waals surface area contributed by atoms with Gasteiger partial charge in [-0.1, -0.05) is 0 Å². The Kier molecular flexibility index (Phi) is 6.39. The Labute approximate surface area is 146 Å². The lowest BCUT2D eigenvalue weighted by molar-refractivity contribution is 0.394. The number of methoxy groups -OCH3 is 3. The maximum atomic E-state index is 5.21. The van der Waals surface area contributed by atoms with Crippen molar-refractivity contribution in [1.29, 1.82) is 0 Å². The molecule has 0 amide bonds. The zero-order valence-electron chi connectivity index (χ0n) is 13.7. The Morgan fingerprint density at radius 1 is 0.917 bits per heavy atom. The van der Waals surface area contributed by atoms with Crippen LogP contribution in [0.5, 0.6) is 17.2 Å². The summed E-state index contributed by atoms with van der Waals surface area (Å²) in [6.07, 6.45) is 1.63. The molecule has 2 aromatic carbocycles. The molecule has 0 bridgehead atoms. The van der Waals surface area contributed by atoms with Crippen LogP contribution in [0, 0.1) is 0 Å². The highest BCUT2D eigenvalue weighted by Crippen LogP contribution is 2.21. The Morgan fingerprint density at radius 3 is 2.04 bits per heavy atom. The lowest BCUT2D eigenvalue weighted by atomic mass is 10.2. The molecule has 0 aliphatic heterocycles. The fraction of sp³-hybridized carbons (Fsp3) is 0.176. The van der Waals surface area contributed by atoms with E-state index in [0.29, 0.717) is 16.6 Å². The lowest BCUT2D eigenvalue weighted by Gasteiger charge is -2.08. The molecule has 24 heavy (non-hydrogen) atoms. The standard InChI is InChI=1S/C17H19N3O3S/c1-21-14-6-4-13(5-7-14)19-17(24)20-18-11-12-8-15(22-2)10-16(9-12)23-3/h4-11H,1-3H3,(H2,19,20,24)/b18-11+. The number of thiocarbonyl (C=S) groups is 1. The molecular weight excluding hydrogens is 326 g/mol. The molecule has 2 N–H and O–H groups in total. The van der Waals surface area contributed by atoms with Crippen LogP contribution in [0.2, 0.25) is 0 Å². The van der Waals surface area contributed by atoms with E-state index in [9.17, 15) is 0 Å². The van der Waals surface area contributed by atoms with Gasteiger partial charge >= 0.3 is 0 Å². The van der Waals surface area contributed by atoms with E-state index in [1.54, 1.807) is 33.6 Å². The monoisotopic (exact) mass is 345 g/mol. The second-order valence-corrected chi connectivity index (χ2v) is 5.11. The average Bonchev–Trinajstić information content (AvgIpc) is 2.62. The lowest BCUT2D eigenvalue weighted by Crippen LogP contribution is -2.23. The van der Waals surface area contributed by atoms with E-state index < -0.39 is 0 Å². The third-order valence-electron chi connectivity index (χ3n) is 3.10. The normalized spacial score (nSPS) is 10.3. The van der Waals surface area contributed by atoms with Gasteiger partial charge < -0.3 is 19.5 Å². The number of rotatable bonds is 6. The molecule has 7 heteroatoms. The second-order valence-electron chi connectivity index (χ2n) is 4.70. The summed E-state index contributed by atoms with van der Waals surface area (Å²) in [7, 11) is 4.82. The molecule has 0 atom stereocenters. The van der Waals surface area contributed by atoms with Gasteiger partial charge in [-0.05, 0) is 48.6 Å². The third-order valence-corrected chi connectivity index (χ3v) is 3.29. The summed E-state index contributed by atoms with van der Waals surface area (Å²) in [4.78, 5) is 0. The Morgan fingerprint density at radius 2 is 1.50 bits per heavy atom. The first kappa shape index (κ1) is 17.6. The van der Waals surface area contributed by atoms with E-state index >= 15 is 0 Å². The van der Waals surface area contributed by atoms with Crippen LogP contribution in [0.25, 0.3) is 0 Å². The Hall–Kier alpha value is -2.80. The Bertz CT molecular complexity index is 695. The molecule has 0 heterocycles. The van der Waals surface area contributed by atoms with E-state index in [4.69, 9.17) is 26.4 Å². The molecule has 0 spiro atoms. The van der Waals surface area contributed by atoms with Gasteiger partial charge in [-0.3, -0.25) is 5.43 Å². The van der Waals surface area contributed by atoms with Gasteiger partial charge in [0.1, 0.15) is 17.2 Å². The van der Waals surface area contributed by atoms with E-state index in [1.807, 2.05) is 36.4 Å². The average molecular weight is 345 g/mol. The molecule has 2 rings (SSSR count). The van der Waals surface area contributed by atoms with Crippen LogP contribution in [-0.2, 0) is 0 Å². The molecule has 0 fully saturated rings. The van der Waals surface area contributed by atoms with Crippen LogP contribution >= 0.6 is 12.2 Å². The predicted molar refractivity (Wildman–Crippen MR) is 99.5 cm³/mol. The number of nitrogens with one attached hydrogen (secondary N) is 2. The van der Waals surface area contributed by atoms with Crippen molar-refractivity contribution in [3.63, 3.8) is 0 Å². The number of nitrogens with zero attached hydrogens (tertiary/aromatic N) is 1. The smallest absolute Gasteiger partial charge is 0.191 e. The van der Waals surface area contributed by atoms with Crippen molar-refractivity contribution in [1.82, 2.24) is 5.43 Å². The van der Waals surface area contributed by atoms with Gasteiger partial charge in [0.2, 0.25) is 0 Å². The van der Waals surface area contributed by atoms with Gasteiger partial charge in [0, 0.05) is 17.3 Å².